The van der Waals surface area contributed by atoms with Crippen LogP contribution in [0.25, 0.3) is 0 Å². The largest absolute Gasteiger partial charge is 0.478 e. The summed E-state index contributed by atoms with van der Waals surface area (Å²) in [6, 6.07) is 16.1. The SMILES string of the molecule is CC(COC(=O)c1ccc(C(=O)OC(C)(C)COC(=O)c2ccc(C(=O)O)cc2)cc1)OC(=O)c1ccc(C(=O)OCCO)cc1. The number of rotatable bonds is 14. The van der Waals surface area contributed by atoms with Crippen LogP contribution in [-0.2, 0) is 23.7 Å². The summed E-state index contributed by atoms with van der Waals surface area (Å²) < 4.78 is 26.0. The van der Waals surface area contributed by atoms with Gasteiger partial charge in [0.1, 0.15) is 31.5 Å². The highest BCUT2D eigenvalue weighted by atomic mass is 16.6. The van der Waals surface area contributed by atoms with Crippen LogP contribution in [0.3, 0.4) is 0 Å². The van der Waals surface area contributed by atoms with Crippen LogP contribution in [0.1, 0.15) is 82.9 Å². The number of aromatic carboxylic acids is 1. The van der Waals surface area contributed by atoms with Crippen molar-refractivity contribution in [1.82, 2.24) is 0 Å². The summed E-state index contributed by atoms with van der Waals surface area (Å²) in [4.78, 5) is 72.6. The maximum absolute atomic E-state index is 12.7. The van der Waals surface area contributed by atoms with Crippen LogP contribution >= 0.6 is 0 Å². The van der Waals surface area contributed by atoms with Crippen molar-refractivity contribution in [2.24, 2.45) is 0 Å². The van der Waals surface area contributed by atoms with E-state index in [0.717, 1.165) is 0 Å². The third kappa shape index (κ3) is 10.3. The molecule has 0 aromatic heterocycles. The Morgan fingerprint density at radius 2 is 1.00 bits per heavy atom. The molecule has 3 aromatic rings. The normalized spacial score (nSPS) is 11.5. The number of carbonyl (C=O) groups excluding carboxylic acids is 5. The van der Waals surface area contributed by atoms with Gasteiger partial charge in [0.25, 0.3) is 0 Å². The van der Waals surface area contributed by atoms with Crippen LogP contribution in [0.4, 0.5) is 0 Å². The fourth-order valence-electron chi connectivity index (χ4n) is 3.68. The topological polar surface area (TPSA) is 189 Å². The first-order valence-electron chi connectivity index (χ1n) is 13.9. The molecule has 2 N–H and O–H groups in total. The van der Waals surface area contributed by atoms with E-state index in [-0.39, 0.29) is 59.8 Å². The highest BCUT2D eigenvalue weighted by Gasteiger charge is 2.27. The summed E-state index contributed by atoms with van der Waals surface area (Å²) in [5.74, 6) is -4.66. The number of hydrogen-bond acceptors (Lipinski definition) is 12. The molecule has 242 valence electrons. The van der Waals surface area contributed by atoms with Crippen molar-refractivity contribution in [3.05, 3.63) is 106 Å². The Labute approximate surface area is 263 Å². The molecule has 3 aromatic carbocycles. The minimum Gasteiger partial charge on any atom is -0.478 e. The summed E-state index contributed by atoms with van der Waals surface area (Å²) in [5, 5.41) is 17.7. The Morgan fingerprint density at radius 1 is 0.609 bits per heavy atom. The Hall–Kier alpha value is -5.56. The smallest absolute Gasteiger partial charge is 0.338 e. The highest BCUT2D eigenvalue weighted by Crippen LogP contribution is 2.17. The predicted molar refractivity (Wildman–Crippen MR) is 159 cm³/mol. The predicted octanol–water partition coefficient (Wildman–Crippen LogP) is 3.73. The second-order valence-electron chi connectivity index (χ2n) is 10.4. The third-order valence-corrected chi connectivity index (χ3v) is 6.08. The molecule has 0 aliphatic heterocycles. The molecular weight excluding hydrogens is 604 g/mol. The van der Waals surface area contributed by atoms with E-state index in [4.69, 9.17) is 33.9 Å². The lowest BCUT2D eigenvalue weighted by Gasteiger charge is -2.24. The van der Waals surface area contributed by atoms with E-state index in [1.54, 1.807) is 0 Å². The Bertz CT molecular complexity index is 1560. The molecule has 3 rings (SSSR count). The first-order chi connectivity index (χ1) is 21.8. The molecule has 0 saturated carbocycles. The molecule has 0 spiro atoms. The third-order valence-electron chi connectivity index (χ3n) is 6.08. The van der Waals surface area contributed by atoms with Gasteiger partial charge in [-0.1, -0.05) is 0 Å². The highest BCUT2D eigenvalue weighted by molar-refractivity contribution is 5.95. The van der Waals surface area contributed by atoms with E-state index in [1.807, 2.05) is 0 Å². The number of carboxylic acid groups (broad SMARTS) is 1. The van der Waals surface area contributed by atoms with E-state index in [2.05, 4.69) is 0 Å². The molecule has 0 aliphatic rings. The van der Waals surface area contributed by atoms with Gasteiger partial charge in [-0.25, -0.2) is 28.8 Å². The first kappa shape index (κ1) is 34.9. The molecule has 1 atom stereocenters. The maximum Gasteiger partial charge on any atom is 0.338 e. The van der Waals surface area contributed by atoms with Gasteiger partial charge >= 0.3 is 35.8 Å². The molecule has 0 bridgehead atoms. The van der Waals surface area contributed by atoms with Gasteiger partial charge < -0.3 is 33.9 Å². The first-order valence-corrected chi connectivity index (χ1v) is 13.9. The average molecular weight is 637 g/mol. The Kier molecular flexibility index (Phi) is 12.1. The molecule has 0 fully saturated rings. The molecule has 13 nitrogen and oxygen atoms in total. The molecular formula is C33H32O13. The number of carbonyl (C=O) groups is 6. The van der Waals surface area contributed by atoms with Crippen molar-refractivity contribution >= 4 is 35.8 Å². The lowest BCUT2D eigenvalue weighted by atomic mass is 10.1. The maximum atomic E-state index is 12.7. The van der Waals surface area contributed by atoms with Crippen molar-refractivity contribution < 1.29 is 62.7 Å². The van der Waals surface area contributed by atoms with Gasteiger partial charge in [0, 0.05) is 0 Å². The summed E-state index contributed by atoms with van der Waals surface area (Å²) in [5.41, 5.74) is -0.465. The van der Waals surface area contributed by atoms with Gasteiger partial charge in [-0.2, -0.15) is 0 Å². The molecule has 0 heterocycles. The minimum absolute atomic E-state index is 0.0167. The fourth-order valence-corrected chi connectivity index (χ4v) is 3.68. The van der Waals surface area contributed by atoms with Crippen LogP contribution in [0.2, 0.25) is 0 Å². The summed E-state index contributed by atoms with van der Waals surface area (Å²) >= 11 is 0. The molecule has 13 heteroatoms. The quantitative estimate of drug-likeness (QED) is 0.193. The number of hydrogen-bond donors (Lipinski definition) is 2. The number of carboxylic acids is 1. The molecule has 0 radical (unpaired) electrons. The Balaban J connectivity index is 1.45. The number of benzene rings is 3. The van der Waals surface area contributed by atoms with E-state index in [0.29, 0.717) is 0 Å². The molecule has 0 saturated heterocycles. The number of esters is 5. The van der Waals surface area contributed by atoms with Gasteiger partial charge in [-0.3, -0.25) is 0 Å². The van der Waals surface area contributed by atoms with E-state index in [1.165, 1.54) is 93.6 Å². The van der Waals surface area contributed by atoms with Gasteiger partial charge in [0.2, 0.25) is 0 Å². The van der Waals surface area contributed by atoms with Crippen LogP contribution in [0.15, 0.2) is 72.8 Å². The van der Waals surface area contributed by atoms with Crippen LogP contribution in [0.5, 0.6) is 0 Å². The monoisotopic (exact) mass is 636 g/mol. The summed E-state index contributed by atoms with van der Waals surface area (Å²) in [6.07, 6.45) is -0.805. The van der Waals surface area contributed by atoms with Gasteiger partial charge in [0.05, 0.1) is 40.0 Å². The second kappa shape index (κ2) is 16.0. The minimum atomic E-state index is -1.22. The number of ether oxygens (including phenoxy) is 5. The van der Waals surface area contributed by atoms with Crippen LogP contribution in [-0.4, -0.2) is 84.2 Å². The van der Waals surface area contributed by atoms with Crippen LogP contribution < -0.4 is 0 Å². The molecule has 46 heavy (non-hydrogen) atoms. The van der Waals surface area contributed by atoms with Crippen molar-refractivity contribution in [1.29, 1.82) is 0 Å². The molecule has 1 unspecified atom stereocenters. The summed E-state index contributed by atoms with van der Waals surface area (Å²) in [6.45, 7) is 3.62. The van der Waals surface area contributed by atoms with Gasteiger partial charge in [-0.05, 0) is 93.6 Å². The van der Waals surface area contributed by atoms with Crippen molar-refractivity contribution in [2.75, 3.05) is 26.4 Å². The van der Waals surface area contributed by atoms with E-state index in [9.17, 15) is 28.8 Å². The molecule has 0 aliphatic carbocycles. The lowest BCUT2D eigenvalue weighted by Crippen LogP contribution is -2.34. The number of aliphatic hydroxyl groups is 1. The van der Waals surface area contributed by atoms with Crippen LogP contribution in [0, 0.1) is 0 Å². The Morgan fingerprint density at radius 3 is 1.46 bits per heavy atom. The van der Waals surface area contributed by atoms with E-state index >= 15 is 0 Å². The second-order valence-corrected chi connectivity index (χ2v) is 10.4. The van der Waals surface area contributed by atoms with Crippen molar-refractivity contribution in [2.45, 2.75) is 32.5 Å². The fraction of sp³-hybridized carbons (Fsp3) is 0.273. The van der Waals surface area contributed by atoms with Crippen molar-refractivity contribution in [3.8, 4) is 0 Å². The number of aliphatic hydroxyl groups excluding tert-OH is 1. The average Bonchev–Trinajstić information content (AvgIpc) is 3.04. The standard InChI is InChI=1S/C33H32O13/c1-20(45-31(40)25-12-8-22(9-13-25)28(37)42-17-16-34)18-43-29(38)23-10-14-26(15-11-23)32(41)46-33(2,3)19-44-30(39)24-6-4-21(5-7-24)27(35)36/h4-15,20,34H,16-19H2,1-3H3,(H,35,36). The lowest BCUT2D eigenvalue weighted by molar-refractivity contribution is -0.0370. The van der Waals surface area contributed by atoms with Gasteiger partial charge in [0.15, 0.2) is 0 Å². The zero-order valence-electron chi connectivity index (χ0n) is 25.2. The van der Waals surface area contributed by atoms with Gasteiger partial charge in [-0.15, -0.1) is 0 Å². The zero-order valence-corrected chi connectivity index (χ0v) is 25.2. The molecule has 0 amide bonds. The van der Waals surface area contributed by atoms with Crippen molar-refractivity contribution in [3.63, 3.8) is 0 Å². The van der Waals surface area contributed by atoms with E-state index < -0.39 is 47.5 Å². The zero-order chi connectivity index (χ0) is 33.9. The summed E-state index contributed by atoms with van der Waals surface area (Å²) in [7, 11) is 0.